The second kappa shape index (κ2) is 6.45. The molecule has 0 atom stereocenters. The number of hydrogen-bond donors (Lipinski definition) is 0. The Morgan fingerprint density at radius 2 is 1.88 bits per heavy atom. The molecule has 0 saturated carbocycles. The van der Waals surface area contributed by atoms with E-state index in [0.29, 0.717) is 15.9 Å². The first kappa shape index (κ1) is 17.1. The largest absolute Gasteiger partial charge is 0.312 e. The molecule has 26 heavy (non-hydrogen) atoms. The van der Waals surface area contributed by atoms with Gasteiger partial charge in [-0.15, -0.1) is 11.3 Å². The van der Waals surface area contributed by atoms with Crippen molar-refractivity contribution in [3.8, 4) is 21.8 Å². The van der Waals surface area contributed by atoms with Crippen LogP contribution in [0.2, 0.25) is 5.28 Å². The summed E-state index contributed by atoms with van der Waals surface area (Å²) in [6.07, 6.45) is 0. The Labute approximate surface area is 157 Å². The average Bonchev–Trinajstić information content (AvgIpc) is 3.20. The summed E-state index contributed by atoms with van der Waals surface area (Å²) in [7, 11) is 0. The Morgan fingerprint density at radius 3 is 2.62 bits per heavy atom. The Bertz CT molecular complexity index is 1120. The SMILES string of the molecule is CC(C)n1c(Cl)nc2c(-c3csc(-c4ccc(F)c(F)c4)n3)cccc21. The molecule has 0 bridgehead atoms. The lowest BCUT2D eigenvalue weighted by Gasteiger charge is -2.09. The summed E-state index contributed by atoms with van der Waals surface area (Å²) in [4.78, 5) is 9.09. The molecule has 0 saturated heterocycles. The summed E-state index contributed by atoms with van der Waals surface area (Å²) in [5.74, 6) is -1.76. The predicted molar refractivity (Wildman–Crippen MR) is 102 cm³/mol. The molecule has 0 unspecified atom stereocenters. The first-order chi connectivity index (χ1) is 12.5. The van der Waals surface area contributed by atoms with Crippen molar-refractivity contribution in [2.75, 3.05) is 0 Å². The van der Waals surface area contributed by atoms with Gasteiger partial charge < -0.3 is 4.57 Å². The number of hydrogen-bond acceptors (Lipinski definition) is 3. The molecule has 0 fully saturated rings. The van der Waals surface area contributed by atoms with Gasteiger partial charge in [0.25, 0.3) is 0 Å². The normalized spacial score (nSPS) is 11.6. The maximum absolute atomic E-state index is 13.5. The van der Waals surface area contributed by atoms with Crippen molar-refractivity contribution in [2.45, 2.75) is 19.9 Å². The van der Waals surface area contributed by atoms with Gasteiger partial charge in [0.05, 0.1) is 16.7 Å². The maximum Gasteiger partial charge on any atom is 0.204 e. The van der Waals surface area contributed by atoms with Crippen molar-refractivity contribution in [3.63, 3.8) is 0 Å². The zero-order valence-electron chi connectivity index (χ0n) is 14.0. The van der Waals surface area contributed by atoms with Crippen molar-refractivity contribution in [1.82, 2.24) is 14.5 Å². The topological polar surface area (TPSA) is 30.7 Å². The minimum Gasteiger partial charge on any atom is -0.312 e. The fourth-order valence-corrected chi connectivity index (χ4v) is 4.13. The highest BCUT2D eigenvalue weighted by Gasteiger charge is 2.17. The number of fused-ring (bicyclic) bond motifs is 1. The standard InChI is InChI=1S/C19H14ClF2N3S/c1-10(2)25-16-5-3-4-12(17(16)24-19(25)20)15-9-26-18(23-15)11-6-7-13(21)14(22)8-11/h3-10H,1-2H3. The third-order valence-electron chi connectivity index (χ3n) is 4.14. The predicted octanol–water partition coefficient (Wildman–Crippen LogP) is 6.34. The molecule has 4 rings (SSSR count). The van der Waals surface area contributed by atoms with Crippen LogP contribution in [0.25, 0.3) is 32.9 Å². The molecule has 132 valence electrons. The third-order valence-corrected chi connectivity index (χ3v) is 5.30. The van der Waals surface area contributed by atoms with Crippen molar-refractivity contribution in [2.24, 2.45) is 0 Å². The van der Waals surface area contributed by atoms with Gasteiger partial charge >= 0.3 is 0 Å². The fraction of sp³-hybridized carbons (Fsp3) is 0.158. The first-order valence-corrected chi connectivity index (χ1v) is 9.29. The van der Waals surface area contributed by atoms with Gasteiger partial charge in [-0.3, -0.25) is 0 Å². The second-order valence-electron chi connectivity index (χ2n) is 6.18. The molecule has 0 radical (unpaired) electrons. The average molecular weight is 390 g/mol. The van der Waals surface area contributed by atoms with E-state index in [4.69, 9.17) is 11.6 Å². The lowest BCUT2D eigenvalue weighted by atomic mass is 10.1. The first-order valence-electron chi connectivity index (χ1n) is 8.03. The van der Waals surface area contributed by atoms with E-state index >= 15 is 0 Å². The van der Waals surface area contributed by atoms with Crippen LogP contribution in [0.15, 0.2) is 41.8 Å². The molecule has 2 aromatic carbocycles. The maximum atomic E-state index is 13.5. The van der Waals surface area contributed by atoms with Crippen molar-refractivity contribution in [3.05, 3.63) is 58.7 Å². The van der Waals surface area contributed by atoms with Crippen LogP contribution in [0.4, 0.5) is 8.78 Å². The molecular weight excluding hydrogens is 376 g/mol. The van der Waals surface area contributed by atoms with Crippen LogP contribution >= 0.6 is 22.9 Å². The monoisotopic (exact) mass is 389 g/mol. The van der Waals surface area contributed by atoms with Crippen molar-refractivity contribution < 1.29 is 8.78 Å². The number of nitrogens with zero attached hydrogens (tertiary/aromatic N) is 3. The highest BCUT2D eigenvalue weighted by atomic mass is 35.5. The molecule has 0 N–H and O–H groups in total. The summed E-state index contributed by atoms with van der Waals surface area (Å²) in [5, 5.41) is 2.93. The van der Waals surface area contributed by atoms with Crippen LogP contribution in [-0.2, 0) is 0 Å². The van der Waals surface area contributed by atoms with Crippen LogP contribution < -0.4 is 0 Å². The lowest BCUT2D eigenvalue weighted by molar-refractivity contribution is 0.509. The van der Waals surface area contributed by atoms with Gasteiger partial charge in [-0.25, -0.2) is 18.7 Å². The van der Waals surface area contributed by atoms with Gasteiger partial charge in [0.2, 0.25) is 5.28 Å². The van der Waals surface area contributed by atoms with Crippen LogP contribution in [0.3, 0.4) is 0 Å². The number of benzene rings is 2. The molecule has 2 heterocycles. The van der Waals surface area contributed by atoms with E-state index in [1.807, 2.05) is 42.0 Å². The summed E-state index contributed by atoms with van der Waals surface area (Å²) >= 11 is 7.68. The van der Waals surface area contributed by atoms with Crippen LogP contribution in [0.1, 0.15) is 19.9 Å². The fourth-order valence-electron chi connectivity index (χ4n) is 2.95. The summed E-state index contributed by atoms with van der Waals surface area (Å²) in [5.41, 5.74) is 3.83. The van der Waals surface area contributed by atoms with Gasteiger partial charge in [0.15, 0.2) is 11.6 Å². The highest BCUT2D eigenvalue weighted by Crippen LogP contribution is 2.35. The van der Waals surface area contributed by atoms with Crippen LogP contribution in [0, 0.1) is 11.6 Å². The number of halogens is 3. The second-order valence-corrected chi connectivity index (χ2v) is 7.38. The van der Waals surface area contributed by atoms with E-state index < -0.39 is 11.6 Å². The zero-order chi connectivity index (χ0) is 18.4. The van der Waals surface area contributed by atoms with E-state index in [2.05, 4.69) is 9.97 Å². The molecule has 0 amide bonds. The minimum atomic E-state index is -0.885. The summed E-state index contributed by atoms with van der Waals surface area (Å²) in [6.45, 7) is 4.09. The van der Waals surface area contributed by atoms with Gasteiger partial charge in [-0.2, -0.15) is 0 Å². The Kier molecular flexibility index (Phi) is 4.25. The summed E-state index contributed by atoms with van der Waals surface area (Å²) in [6, 6.07) is 9.80. The molecule has 4 aromatic rings. The molecule has 0 spiro atoms. The van der Waals surface area contributed by atoms with E-state index in [9.17, 15) is 8.78 Å². The third kappa shape index (κ3) is 2.79. The molecular formula is C19H14ClF2N3S. The molecule has 0 aliphatic carbocycles. The molecule has 0 aliphatic heterocycles. The summed E-state index contributed by atoms with van der Waals surface area (Å²) < 4.78 is 28.6. The Hall–Kier alpha value is -2.31. The number of rotatable bonds is 3. The zero-order valence-corrected chi connectivity index (χ0v) is 15.6. The lowest BCUT2D eigenvalue weighted by Crippen LogP contribution is -2.00. The van der Waals surface area contributed by atoms with Crippen molar-refractivity contribution in [1.29, 1.82) is 0 Å². The number of thiazole rings is 1. The van der Waals surface area contributed by atoms with Crippen LogP contribution in [-0.4, -0.2) is 14.5 Å². The van der Waals surface area contributed by atoms with E-state index in [0.717, 1.165) is 34.4 Å². The molecule has 0 aliphatic rings. The number of para-hydroxylation sites is 1. The van der Waals surface area contributed by atoms with Gasteiger partial charge in [-0.05, 0) is 49.7 Å². The van der Waals surface area contributed by atoms with Gasteiger partial charge in [0.1, 0.15) is 5.01 Å². The highest BCUT2D eigenvalue weighted by molar-refractivity contribution is 7.13. The smallest absolute Gasteiger partial charge is 0.204 e. The molecule has 7 heteroatoms. The minimum absolute atomic E-state index is 0.177. The van der Waals surface area contributed by atoms with Crippen LogP contribution in [0.5, 0.6) is 0 Å². The van der Waals surface area contributed by atoms with Crippen molar-refractivity contribution >= 4 is 34.0 Å². The number of aromatic nitrogens is 3. The molecule has 3 nitrogen and oxygen atoms in total. The Morgan fingerprint density at radius 1 is 1.08 bits per heavy atom. The van der Waals surface area contributed by atoms with E-state index in [1.165, 1.54) is 17.4 Å². The van der Waals surface area contributed by atoms with Gasteiger partial charge in [-0.1, -0.05) is 12.1 Å². The quantitative estimate of drug-likeness (QED) is 0.409. The Balaban J connectivity index is 1.83. The van der Waals surface area contributed by atoms with E-state index in [1.54, 1.807) is 0 Å². The molecule has 2 aromatic heterocycles. The van der Waals surface area contributed by atoms with Gasteiger partial charge in [0, 0.05) is 22.5 Å². The number of imidazole rings is 1. The van der Waals surface area contributed by atoms with E-state index in [-0.39, 0.29) is 6.04 Å².